The Morgan fingerprint density at radius 1 is 1.15 bits per heavy atom. The molecule has 0 amide bonds. The molecule has 1 aromatic rings. The molecule has 0 aromatic heterocycles. The van der Waals surface area contributed by atoms with Crippen LogP contribution in [0.5, 0.6) is 5.75 Å². The fourth-order valence-electron chi connectivity index (χ4n) is 2.91. The van der Waals surface area contributed by atoms with Crippen LogP contribution in [0.1, 0.15) is 57.1 Å². The first-order chi connectivity index (χ1) is 9.69. The number of hydrogen-bond acceptors (Lipinski definition) is 3. The monoisotopic (exact) mass is 278 g/mol. The minimum Gasteiger partial charge on any atom is -0.491 e. The van der Waals surface area contributed by atoms with Gasteiger partial charge in [-0.25, -0.2) is 0 Å². The average molecular weight is 278 g/mol. The van der Waals surface area contributed by atoms with Crippen LogP contribution < -0.4 is 4.74 Å². The molecule has 3 nitrogen and oxygen atoms in total. The topological polar surface area (TPSA) is 49.7 Å². The molecular weight excluding hydrogens is 252 g/mol. The van der Waals surface area contributed by atoms with Gasteiger partial charge in [0, 0.05) is 0 Å². The van der Waals surface area contributed by atoms with Crippen molar-refractivity contribution in [3.63, 3.8) is 0 Å². The molecule has 0 saturated heterocycles. The maximum absolute atomic E-state index is 9.99. The number of ether oxygens (including phenoxy) is 1. The van der Waals surface area contributed by atoms with Gasteiger partial charge in [0.25, 0.3) is 0 Å². The highest BCUT2D eigenvalue weighted by molar-refractivity contribution is 5.28. The molecule has 1 aliphatic rings. The summed E-state index contributed by atoms with van der Waals surface area (Å²) < 4.78 is 5.61. The maximum atomic E-state index is 9.99. The van der Waals surface area contributed by atoms with E-state index in [2.05, 4.69) is 0 Å². The summed E-state index contributed by atoms with van der Waals surface area (Å²) in [6.07, 6.45) is 5.89. The van der Waals surface area contributed by atoms with E-state index in [9.17, 15) is 10.2 Å². The van der Waals surface area contributed by atoms with Gasteiger partial charge in [-0.05, 0) is 36.5 Å². The van der Waals surface area contributed by atoms with Gasteiger partial charge in [-0.15, -0.1) is 0 Å². The van der Waals surface area contributed by atoms with E-state index in [1.807, 2.05) is 31.2 Å². The molecule has 1 saturated carbocycles. The van der Waals surface area contributed by atoms with Crippen LogP contribution in [0.15, 0.2) is 24.3 Å². The second kappa shape index (κ2) is 7.65. The Morgan fingerprint density at radius 2 is 1.80 bits per heavy atom. The molecule has 3 heteroatoms. The van der Waals surface area contributed by atoms with Gasteiger partial charge in [0.1, 0.15) is 12.4 Å². The highest BCUT2D eigenvalue weighted by Gasteiger charge is 2.19. The van der Waals surface area contributed by atoms with Crippen molar-refractivity contribution in [1.82, 2.24) is 0 Å². The van der Waals surface area contributed by atoms with Crippen molar-refractivity contribution < 1.29 is 14.9 Å². The van der Waals surface area contributed by atoms with Crippen molar-refractivity contribution >= 4 is 0 Å². The smallest absolute Gasteiger partial charge is 0.119 e. The Bertz CT molecular complexity index is 382. The molecular formula is C17H26O3. The Labute approximate surface area is 121 Å². The van der Waals surface area contributed by atoms with Crippen molar-refractivity contribution in [2.45, 2.75) is 57.7 Å². The lowest BCUT2D eigenvalue weighted by Crippen LogP contribution is -2.20. The fourth-order valence-corrected chi connectivity index (χ4v) is 2.91. The van der Waals surface area contributed by atoms with Gasteiger partial charge in [0.05, 0.1) is 12.2 Å². The van der Waals surface area contributed by atoms with Crippen LogP contribution in [-0.4, -0.2) is 22.9 Å². The molecule has 1 aliphatic carbocycles. The fraction of sp³-hybridized carbons (Fsp3) is 0.647. The maximum Gasteiger partial charge on any atom is 0.119 e. The van der Waals surface area contributed by atoms with E-state index in [0.717, 1.165) is 17.7 Å². The Morgan fingerprint density at radius 3 is 2.40 bits per heavy atom. The first-order valence-corrected chi connectivity index (χ1v) is 7.78. The Kier molecular flexibility index (Phi) is 5.86. The van der Waals surface area contributed by atoms with E-state index in [0.29, 0.717) is 18.9 Å². The molecule has 20 heavy (non-hydrogen) atoms. The van der Waals surface area contributed by atoms with E-state index in [4.69, 9.17) is 4.74 Å². The molecule has 1 aromatic carbocycles. The Balaban J connectivity index is 1.75. The molecule has 0 spiro atoms. The summed E-state index contributed by atoms with van der Waals surface area (Å²) in [6, 6.07) is 7.48. The highest BCUT2D eigenvalue weighted by Crippen LogP contribution is 2.28. The van der Waals surface area contributed by atoms with Crippen LogP contribution in [0.4, 0.5) is 0 Å². The molecule has 1 unspecified atom stereocenters. The van der Waals surface area contributed by atoms with Crippen LogP contribution in [0.3, 0.4) is 0 Å². The predicted octanol–water partition coefficient (Wildman–Crippen LogP) is 3.45. The third-order valence-electron chi connectivity index (χ3n) is 4.17. The quantitative estimate of drug-likeness (QED) is 0.803. The SMILES string of the molecule is CC[C@H](O)c1ccc(OCC(O)CC2CCCC2)cc1. The minimum absolute atomic E-state index is 0.353. The van der Waals surface area contributed by atoms with Gasteiger partial charge < -0.3 is 14.9 Å². The first-order valence-electron chi connectivity index (χ1n) is 7.78. The number of aliphatic hydroxyl groups excluding tert-OH is 2. The summed E-state index contributed by atoms with van der Waals surface area (Å²) in [5.41, 5.74) is 0.909. The summed E-state index contributed by atoms with van der Waals surface area (Å²) >= 11 is 0. The third-order valence-corrected chi connectivity index (χ3v) is 4.17. The minimum atomic E-state index is -0.406. The zero-order valence-electron chi connectivity index (χ0n) is 12.3. The van der Waals surface area contributed by atoms with E-state index >= 15 is 0 Å². The first kappa shape index (κ1) is 15.3. The molecule has 1 fully saturated rings. The van der Waals surface area contributed by atoms with Gasteiger partial charge in [-0.2, -0.15) is 0 Å². The molecule has 0 heterocycles. The zero-order chi connectivity index (χ0) is 14.4. The van der Waals surface area contributed by atoms with E-state index in [1.54, 1.807) is 0 Å². The molecule has 2 N–H and O–H groups in total. The van der Waals surface area contributed by atoms with Crippen molar-refractivity contribution in [1.29, 1.82) is 0 Å². The van der Waals surface area contributed by atoms with Crippen molar-refractivity contribution in [3.05, 3.63) is 29.8 Å². The third kappa shape index (κ3) is 4.50. The largest absolute Gasteiger partial charge is 0.491 e. The number of hydrogen-bond donors (Lipinski definition) is 2. The van der Waals surface area contributed by atoms with E-state index < -0.39 is 6.10 Å². The van der Waals surface area contributed by atoms with Crippen molar-refractivity contribution in [2.75, 3.05) is 6.61 Å². The average Bonchev–Trinajstić information content (AvgIpc) is 2.97. The lowest BCUT2D eigenvalue weighted by Gasteiger charge is -2.16. The zero-order valence-corrected chi connectivity index (χ0v) is 12.3. The van der Waals surface area contributed by atoms with E-state index in [1.165, 1.54) is 25.7 Å². The Hall–Kier alpha value is -1.06. The van der Waals surface area contributed by atoms with Crippen LogP contribution >= 0.6 is 0 Å². The van der Waals surface area contributed by atoms with Gasteiger partial charge in [-0.3, -0.25) is 0 Å². The van der Waals surface area contributed by atoms with Crippen LogP contribution in [0, 0.1) is 5.92 Å². The van der Waals surface area contributed by atoms with Gasteiger partial charge in [0.2, 0.25) is 0 Å². The summed E-state index contributed by atoms with van der Waals surface area (Å²) in [4.78, 5) is 0. The van der Waals surface area contributed by atoms with Crippen LogP contribution in [-0.2, 0) is 0 Å². The molecule has 0 bridgehead atoms. The summed E-state index contributed by atoms with van der Waals surface area (Å²) in [5.74, 6) is 1.43. The molecule has 2 rings (SSSR count). The van der Waals surface area contributed by atoms with Gasteiger partial charge >= 0.3 is 0 Å². The number of aliphatic hydroxyl groups is 2. The lowest BCUT2D eigenvalue weighted by atomic mass is 10.0. The number of rotatable bonds is 7. The highest BCUT2D eigenvalue weighted by atomic mass is 16.5. The molecule has 112 valence electrons. The summed E-state index contributed by atoms with van der Waals surface area (Å²) in [5, 5.41) is 19.7. The second-order valence-corrected chi connectivity index (χ2v) is 5.84. The molecule has 0 aliphatic heterocycles. The van der Waals surface area contributed by atoms with Crippen molar-refractivity contribution in [3.8, 4) is 5.75 Å². The lowest BCUT2D eigenvalue weighted by molar-refractivity contribution is 0.0855. The predicted molar refractivity (Wildman–Crippen MR) is 79.8 cm³/mol. The second-order valence-electron chi connectivity index (χ2n) is 5.84. The van der Waals surface area contributed by atoms with Crippen molar-refractivity contribution in [2.24, 2.45) is 5.92 Å². The van der Waals surface area contributed by atoms with Crippen LogP contribution in [0.2, 0.25) is 0 Å². The number of benzene rings is 1. The summed E-state index contributed by atoms with van der Waals surface area (Å²) in [7, 11) is 0. The summed E-state index contributed by atoms with van der Waals surface area (Å²) in [6.45, 7) is 2.31. The normalized spacial score (nSPS) is 18.9. The van der Waals surface area contributed by atoms with Crippen LogP contribution in [0.25, 0.3) is 0 Å². The van der Waals surface area contributed by atoms with Gasteiger partial charge in [0.15, 0.2) is 0 Å². The van der Waals surface area contributed by atoms with E-state index in [-0.39, 0.29) is 6.10 Å². The standard InChI is InChI=1S/C17H26O3/c1-2-17(19)14-7-9-16(10-8-14)20-12-15(18)11-13-5-3-4-6-13/h7-10,13,15,17-19H,2-6,11-12H2,1H3/t15?,17-/m0/s1. The molecule has 0 radical (unpaired) electrons. The molecule has 2 atom stereocenters. The van der Waals surface area contributed by atoms with Gasteiger partial charge in [-0.1, -0.05) is 44.7 Å².